The van der Waals surface area contributed by atoms with Crippen LogP contribution < -0.4 is 5.32 Å². The molecular formula is C17H37N3O. The molecule has 126 valence electrons. The Morgan fingerprint density at radius 1 is 1.05 bits per heavy atom. The number of aliphatic hydroxyl groups excluding tert-OH is 1. The van der Waals surface area contributed by atoms with Crippen LogP contribution in [0.15, 0.2) is 0 Å². The normalized spacial score (nSPS) is 20.4. The van der Waals surface area contributed by atoms with E-state index < -0.39 is 0 Å². The van der Waals surface area contributed by atoms with E-state index in [0.717, 1.165) is 32.7 Å². The van der Waals surface area contributed by atoms with E-state index in [-0.39, 0.29) is 6.61 Å². The van der Waals surface area contributed by atoms with Crippen molar-refractivity contribution in [2.75, 3.05) is 52.4 Å². The summed E-state index contributed by atoms with van der Waals surface area (Å²) < 4.78 is 0. The number of aliphatic hydroxyl groups is 1. The lowest BCUT2D eigenvalue weighted by molar-refractivity contribution is 0.188. The van der Waals surface area contributed by atoms with Crippen LogP contribution in [-0.2, 0) is 0 Å². The van der Waals surface area contributed by atoms with Crippen molar-refractivity contribution < 1.29 is 5.11 Å². The summed E-state index contributed by atoms with van der Waals surface area (Å²) in [7, 11) is 0. The zero-order chi connectivity index (χ0) is 15.7. The molecule has 2 N–H and O–H groups in total. The molecule has 0 saturated carbocycles. The second-order valence-electron chi connectivity index (χ2n) is 7.42. The second kappa shape index (κ2) is 9.78. The third kappa shape index (κ3) is 7.59. The lowest BCUT2D eigenvalue weighted by atomic mass is 9.84. The molecule has 0 aromatic rings. The molecule has 1 fully saturated rings. The van der Waals surface area contributed by atoms with E-state index in [0.29, 0.717) is 11.5 Å². The molecule has 1 heterocycles. The fourth-order valence-electron chi connectivity index (χ4n) is 3.08. The maximum absolute atomic E-state index is 9.06. The van der Waals surface area contributed by atoms with Gasteiger partial charge < -0.3 is 15.3 Å². The lowest BCUT2D eigenvalue weighted by Crippen LogP contribution is -2.43. The largest absolute Gasteiger partial charge is 0.395 e. The molecule has 0 bridgehead atoms. The van der Waals surface area contributed by atoms with E-state index in [1.807, 2.05) is 0 Å². The Morgan fingerprint density at radius 2 is 1.67 bits per heavy atom. The van der Waals surface area contributed by atoms with E-state index in [4.69, 9.17) is 5.11 Å². The van der Waals surface area contributed by atoms with Gasteiger partial charge in [0.05, 0.1) is 6.61 Å². The van der Waals surface area contributed by atoms with Gasteiger partial charge in [0.25, 0.3) is 0 Å². The lowest BCUT2D eigenvalue weighted by Gasteiger charge is -2.33. The summed E-state index contributed by atoms with van der Waals surface area (Å²) in [4.78, 5) is 4.99. The van der Waals surface area contributed by atoms with Crippen LogP contribution >= 0.6 is 0 Å². The van der Waals surface area contributed by atoms with Gasteiger partial charge in [0.15, 0.2) is 0 Å². The van der Waals surface area contributed by atoms with Gasteiger partial charge in [0, 0.05) is 25.7 Å². The molecule has 1 atom stereocenters. The molecule has 0 aromatic carbocycles. The monoisotopic (exact) mass is 299 g/mol. The standard InChI is InChI=1S/C17H37N3O/c1-5-8-18-16(17(2,3)4)7-11-19-9-6-10-20(13-12-19)14-15-21/h16,18,21H,5-15H2,1-4H3. The molecule has 1 rings (SSSR count). The second-order valence-corrected chi connectivity index (χ2v) is 7.42. The zero-order valence-electron chi connectivity index (χ0n) is 14.7. The molecule has 1 unspecified atom stereocenters. The van der Waals surface area contributed by atoms with E-state index >= 15 is 0 Å². The van der Waals surface area contributed by atoms with Crippen molar-refractivity contribution in [3.05, 3.63) is 0 Å². The van der Waals surface area contributed by atoms with Gasteiger partial charge in [-0.25, -0.2) is 0 Å². The molecule has 1 saturated heterocycles. The van der Waals surface area contributed by atoms with Gasteiger partial charge in [-0.1, -0.05) is 27.7 Å². The van der Waals surface area contributed by atoms with Gasteiger partial charge in [-0.15, -0.1) is 0 Å². The van der Waals surface area contributed by atoms with Crippen LogP contribution in [0.25, 0.3) is 0 Å². The Kier molecular flexibility index (Phi) is 8.79. The van der Waals surface area contributed by atoms with Crippen LogP contribution in [0.4, 0.5) is 0 Å². The van der Waals surface area contributed by atoms with Crippen LogP contribution in [0.2, 0.25) is 0 Å². The van der Waals surface area contributed by atoms with Gasteiger partial charge in [-0.2, -0.15) is 0 Å². The number of nitrogens with zero attached hydrogens (tertiary/aromatic N) is 2. The van der Waals surface area contributed by atoms with Crippen molar-refractivity contribution in [3.8, 4) is 0 Å². The Morgan fingerprint density at radius 3 is 2.19 bits per heavy atom. The van der Waals surface area contributed by atoms with Gasteiger partial charge in [-0.05, 0) is 50.9 Å². The molecule has 21 heavy (non-hydrogen) atoms. The van der Waals surface area contributed by atoms with Crippen molar-refractivity contribution in [3.63, 3.8) is 0 Å². The molecule has 4 nitrogen and oxygen atoms in total. The van der Waals surface area contributed by atoms with Gasteiger partial charge >= 0.3 is 0 Å². The number of rotatable bonds is 8. The van der Waals surface area contributed by atoms with Crippen LogP contribution in [0.3, 0.4) is 0 Å². The third-order valence-electron chi connectivity index (χ3n) is 4.52. The highest BCUT2D eigenvalue weighted by Crippen LogP contribution is 2.22. The van der Waals surface area contributed by atoms with E-state index in [1.54, 1.807) is 0 Å². The number of hydrogen-bond acceptors (Lipinski definition) is 4. The smallest absolute Gasteiger partial charge is 0.0558 e. The van der Waals surface area contributed by atoms with Crippen molar-refractivity contribution >= 4 is 0 Å². The van der Waals surface area contributed by atoms with E-state index in [1.165, 1.54) is 32.4 Å². The van der Waals surface area contributed by atoms with Crippen molar-refractivity contribution in [2.45, 2.75) is 53.0 Å². The first kappa shape index (κ1) is 18.9. The van der Waals surface area contributed by atoms with Crippen LogP contribution in [0.5, 0.6) is 0 Å². The summed E-state index contributed by atoms with van der Waals surface area (Å²) in [6.07, 6.45) is 3.65. The Balaban J connectivity index is 2.37. The first-order valence-electron chi connectivity index (χ1n) is 8.76. The Bertz CT molecular complexity index is 265. The fourth-order valence-corrected chi connectivity index (χ4v) is 3.08. The maximum atomic E-state index is 9.06. The molecular weight excluding hydrogens is 262 g/mol. The first-order chi connectivity index (χ1) is 9.97. The summed E-state index contributed by atoms with van der Waals surface area (Å²) in [5, 5.41) is 12.8. The summed E-state index contributed by atoms with van der Waals surface area (Å²) in [5.74, 6) is 0. The minimum absolute atomic E-state index is 0.285. The summed E-state index contributed by atoms with van der Waals surface area (Å²) in [6.45, 7) is 17.2. The molecule has 0 radical (unpaired) electrons. The number of nitrogens with one attached hydrogen (secondary N) is 1. The summed E-state index contributed by atoms with van der Waals surface area (Å²) in [6, 6.07) is 0.592. The number of β-amino-alcohol motifs (C(OH)–C–C–N with tert-alkyl or cyclic N) is 1. The Labute approximate surface area is 131 Å². The highest BCUT2D eigenvalue weighted by atomic mass is 16.3. The molecule has 0 spiro atoms. The minimum Gasteiger partial charge on any atom is -0.395 e. The topological polar surface area (TPSA) is 38.7 Å². The molecule has 0 aliphatic carbocycles. The molecule has 0 aromatic heterocycles. The first-order valence-corrected chi connectivity index (χ1v) is 8.76. The quantitative estimate of drug-likeness (QED) is 0.717. The molecule has 4 heteroatoms. The molecule has 0 amide bonds. The van der Waals surface area contributed by atoms with Crippen LogP contribution in [-0.4, -0.2) is 73.4 Å². The van der Waals surface area contributed by atoms with Crippen LogP contribution in [0, 0.1) is 5.41 Å². The SMILES string of the molecule is CCCNC(CCN1CCCN(CCO)CC1)C(C)(C)C. The molecule has 1 aliphatic rings. The maximum Gasteiger partial charge on any atom is 0.0558 e. The zero-order valence-corrected chi connectivity index (χ0v) is 14.7. The van der Waals surface area contributed by atoms with Crippen molar-refractivity contribution in [1.82, 2.24) is 15.1 Å². The van der Waals surface area contributed by atoms with E-state index in [9.17, 15) is 0 Å². The highest BCUT2D eigenvalue weighted by Gasteiger charge is 2.24. The fraction of sp³-hybridized carbons (Fsp3) is 1.00. The minimum atomic E-state index is 0.285. The van der Waals surface area contributed by atoms with Gasteiger partial charge in [-0.3, -0.25) is 4.90 Å². The van der Waals surface area contributed by atoms with Gasteiger partial charge in [0.2, 0.25) is 0 Å². The van der Waals surface area contributed by atoms with Gasteiger partial charge in [0.1, 0.15) is 0 Å². The third-order valence-corrected chi connectivity index (χ3v) is 4.52. The van der Waals surface area contributed by atoms with Crippen LogP contribution in [0.1, 0.15) is 47.0 Å². The predicted molar refractivity (Wildman–Crippen MR) is 90.7 cm³/mol. The average molecular weight is 300 g/mol. The summed E-state index contributed by atoms with van der Waals surface area (Å²) >= 11 is 0. The number of hydrogen-bond donors (Lipinski definition) is 2. The van der Waals surface area contributed by atoms with Crippen molar-refractivity contribution in [1.29, 1.82) is 0 Å². The summed E-state index contributed by atoms with van der Waals surface area (Å²) in [5.41, 5.74) is 0.323. The average Bonchev–Trinajstić information content (AvgIpc) is 2.63. The highest BCUT2D eigenvalue weighted by molar-refractivity contribution is 4.82. The molecule has 1 aliphatic heterocycles. The van der Waals surface area contributed by atoms with Crippen molar-refractivity contribution in [2.24, 2.45) is 5.41 Å². The predicted octanol–water partition coefficient (Wildman–Crippen LogP) is 1.79. The van der Waals surface area contributed by atoms with E-state index in [2.05, 4.69) is 42.8 Å². The Hall–Kier alpha value is -0.160.